The maximum atomic E-state index is 9.62. The molecule has 0 bridgehead atoms. The first kappa shape index (κ1) is 9.97. The quantitative estimate of drug-likeness (QED) is 0.779. The van der Waals surface area contributed by atoms with Crippen LogP contribution in [0.25, 0.3) is 0 Å². The van der Waals surface area contributed by atoms with Gasteiger partial charge in [-0.1, -0.05) is 23.7 Å². The summed E-state index contributed by atoms with van der Waals surface area (Å²) in [5, 5.41) is 13.7. The van der Waals surface area contributed by atoms with Gasteiger partial charge < -0.3 is 10.4 Å². The molecule has 1 heterocycles. The lowest BCUT2D eigenvalue weighted by molar-refractivity contribution is 0.159. The topological polar surface area (TPSA) is 32.3 Å². The number of aliphatic hydroxyl groups excluding tert-OH is 1. The molecule has 1 fully saturated rings. The van der Waals surface area contributed by atoms with Crippen molar-refractivity contribution in [3.63, 3.8) is 0 Å². The molecule has 1 aromatic rings. The second kappa shape index (κ2) is 4.30. The number of rotatable bonds is 2. The third kappa shape index (κ3) is 2.27. The highest BCUT2D eigenvalue weighted by molar-refractivity contribution is 6.30. The average Bonchev–Trinajstić information content (AvgIpc) is 2.52. The summed E-state index contributed by atoms with van der Waals surface area (Å²) in [6, 6.07) is 7.99. The molecule has 2 atom stereocenters. The lowest BCUT2D eigenvalue weighted by atomic mass is 10.0. The standard InChI is InChI=1S/C11H14ClNO/c12-9-3-1-2-8(6-9)7-10-11(14)4-5-13-10/h1-3,6,10-11,13-14H,4-5,7H2. The number of hydrogen-bond donors (Lipinski definition) is 2. The van der Waals surface area contributed by atoms with Gasteiger partial charge in [-0.15, -0.1) is 0 Å². The van der Waals surface area contributed by atoms with E-state index in [1.165, 1.54) is 5.56 Å². The summed E-state index contributed by atoms with van der Waals surface area (Å²) in [6.07, 6.45) is 1.49. The third-order valence-corrected chi connectivity index (χ3v) is 2.89. The Hall–Kier alpha value is -0.570. The Morgan fingerprint density at radius 1 is 1.50 bits per heavy atom. The fraction of sp³-hybridized carbons (Fsp3) is 0.455. The minimum Gasteiger partial charge on any atom is -0.391 e. The van der Waals surface area contributed by atoms with E-state index in [2.05, 4.69) is 5.32 Å². The zero-order valence-corrected chi connectivity index (χ0v) is 8.67. The molecule has 1 aromatic carbocycles. The molecule has 2 rings (SSSR count). The Balaban J connectivity index is 2.03. The molecule has 3 heteroatoms. The van der Waals surface area contributed by atoms with Crippen molar-refractivity contribution in [2.45, 2.75) is 25.0 Å². The van der Waals surface area contributed by atoms with Crippen LogP contribution < -0.4 is 5.32 Å². The largest absolute Gasteiger partial charge is 0.391 e. The van der Waals surface area contributed by atoms with E-state index in [0.717, 1.165) is 24.4 Å². The van der Waals surface area contributed by atoms with Crippen LogP contribution in [0.5, 0.6) is 0 Å². The molecule has 0 aromatic heterocycles. The van der Waals surface area contributed by atoms with Crippen molar-refractivity contribution in [3.8, 4) is 0 Å². The molecular formula is C11H14ClNO. The monoisotopic (exact) mass is 211 g/mol. The number of hydrogen-bond acceptors (Lipinski definition) is 2. The van der Waals surface area contributed by atoms with Crippen molar-refractivity contribution < 1.29 is 5.11 Å². The van der Waals surface area contributed by atoms with Crippen molar-refractivity contribution in [1.29, 1.82) is 0 Å². The predicted octanol–water partition coefficient (Wildman–Crippen LogP) is 1.61. The smallest absolute Gasteiger partial charge is 0.0708 e. The Morgan fingerprint density at radius 2 is 2.36 bits per heavy atom. The molecule has 2 N–H and O–H groups in total. The Kier molecular flexibility index (Phi) is 3.06. The van der Waals surface area contributed by atoms with Crippen LogP contribution in [0, 0.1) is 0 Å². The average molecular weight is 212 g/mol. The second-order valence-electron chi connectivity index (χ2n) is 3.75. The van der Waals surface area contributed by atoms with Gasteiger partial charge in [-0.2, -0.15) is 0 Å². The van der Waals surface area contributed by atoms with Crippen LogP contribution in [-0.2, 0) is 6.42 Å². The lowest BCUT2D eigenvalue weighted by Gasteiger charge is -2.14. The van der Waals surface area contributed by atoms with Crippen LogP contribution in [0.4, 0.5) is 0 Å². The molecule has 1 aliphatic heterocycles. The summed E-state index contributed by atoms with van der Waals surface area (Å²) in [6.45, 7) is 0.909. The van der Waals surface area contributed by atoms with Gasteiger partial charge in [0, 0.05) is 11.1 Å². The molecule has 0 aliphatic carbocycles. The highest BCUT2D eigenvalue weighted by Gasteiger charge is 2.24. The van der Waals surface area contributed by atoms with E-state index in [4.69, 9.17) is 11.6 Å². The van der Waals surface area contributed by atoms with E-state index in [0.29, 0.717) is 0 Å². The summed E-state index contributed by atoms with van der Waals surface area (Å²) >= 11 is 5.88. The molecule has 0 amide bonds. The predicted molar refractivity (Wildman–Crippen MR) is 57.6 cm³/mol. The number of benzene rings is 1. The van der Waals surface area contributed by atoms with Crippen molar-refractivity contribution in [1.82, 2.24) is 5.32 Å². The molecule has 2 nitrogen and oxygen atoms in total. The third-order valence-electron chi connectivity index (χ3n) is 2.66. The van der Waals surface area contributed by atoms with Gasteiger partial charge in [-0.05, 0) is 37.1 Å². The van der Waals surface area contributed by atoms with Crippen LogP contribution in [0.3, 0.4) is 0 Å². The normalized spacial score (nSPS) is 26.7. The number of nitrogens with one attached hydrogen (secondary N) is 1. The molecule has 14 heavy (non-hydrogen) atoms. The van der Waals surface area contributed by atoms with Gasteiger partial charge in [0.1, 0.15) is 0 Å². The van der Waals surface area contributed by atoms with Crippen LogP contribution in [0.2, 0.25) is 5.02 Å². The van der Waals surface area contributed by atoms with Crippen LogP contribution in [0.15, 0.2) is 24.3 Å². The van der Waals surface area contributed by atoms with E-state index in [1.807, 2.05) is 24.3 Å². The first-order valence-corrected chi connectivity index (χ1v) is 5.29. The van der Waals surface area contributed by atoms with Gasteiger partial charge in [0.25, 0.3) is 0 Å². The maximum absolute atomic E-state index is 9.62. The molecule has 0 saturated carbocycles. The van der Waals surface area contributed by atoms with E-state index in [9.17, 15) is 5.11 Å². The van der Waals surface area contributed by atoms with Crippen molar-refractivity contribution in [3.05, 3.63) is 34.9 Å². The SMILES string of the molecule is OC1CCNC1Cc1cccc(Cl)c1. The summed E-state index contributed by atoms with van der Waals surface area (Å²) < 4.78 is 0. The van der Waals surface area contributed by atoms with Crippen LogP contribution >= 0.6 is 11.6 Å². The first-order valence-electron chi connectivity index (χ1n) is 4.91. The molecule has 1 aliphatic rings. The van der Waals surface area contributed by atoms with Crippen molar-refractivity contribution in [2.75, 3.05) is 6.54 Å². The Labute approximate surface area is 88.9 Å². The van der Waals surface area contributed by atoms with Gasteiger partial charge in [-0.3, -0.25) is 0 Å². The van der Waals surface area contributed by atoms with Gasteiger partial charge >= 0.3 is 0 Å². The number of halogens is 1. The van der Waals surface area contributed by atoms with E-state index in [1.54, 1.807) is 0 Å². The Bertz CT molecular complexity index is 316. The molecule has 0 spiro atoms. The fourth-order valence-corrected chi connectivity index (χ4v) is 2.09. The molecule has 1 saturated heterocycles. The first-order chi connectivity index (χ1) is 6.75. The highest BCUT2D eigenvalue weighted by atomic mass is 35.5. The van der Waals surface area contributed by atoms with Gasteiger partial charge in [0.15, 0.2) is 0 Å². The maximum Gasteiger partial charge on any atom is 0.0708 e. The minimum absolute atomic E-state index is 0.188. The summed E-state index contributed by atoms with van der Waals surface area (Å²) in [7, 11) is 0. The summed E-state index contributed by atoms with van der Waals surface area (Å²) in [5.74, 6) is 0. The fourth-order valence-electron chi connectivity index (χ4n) is 1.88. The summed E-state index contributed by atoms with van der Waals surface area (Å²) in [5.41, 5.74) is 1.18. The highest BCUT2D eigenvalue weighted by Crippen LogP contribution is 2.16. The van der Waals surface area contributed by atoms with E-state index >= 15 is 0 Å². The zero-order chi connectivity index (χ0) is 9.97. The lowest BCUT2D eigenvalue weighted by Crippen LogP contribution is -2.32. The molecule has 0 radical (unpaired) electrons. The van der Waals surface area contributed by atoms with Crippen LogP contribution in [0.1, 0.15) is 12.0 Å². The number of aliphatic hydroxyl groups is 1. The molecular weight excluding hydrogens is 198 g/mol. The minimum atomic E-state index is -0.214. The summed E-state index contributed by atoms with van der Waals surface area (Å²) in [4.78, 5) is 0. The van der Waals surface area contributed by atoms with Crippen molar-refractivity contribution >= 4 is 11.6 Å². The zero-order valence-electron chi connectivity index (χ0n) is 7.91. The second-order valence-corrected chi connectivity index (χ2v) is 4.19. The molecule has 76 valence electrons. The van der Waals surface area contributed by atoms with E-state index in [-0.39, 0.29) is 12.1 Å². The molecule has 2 unspecified atom stereocenters. The van der Waals surface area contributed by atoms with Gasteiger partial charge in [0.2, 0.25) is 0 Å². The Morgan fingerprint density at radius 3 is 3.00 bits per heavy atom. The van der Waals surface area contributed by atoms with Gasteiger partial charge in [0.05, 0.1) is 6.10 Å². The van der Waals surface area contributed by atoms with E-state index < -0.39 is 0 Å². The van der Waals surface area contributed by atoms with Crippen LogP contribution in [-0.4, -0.2) is 23.8 Å². The van der Waals surface area contributed by atoms with Gasteiger partial charge in [-0.25, -0.2) is 0 Å². The van der Waals surface area contributed by atoms with Crippen molar-refractivity contribution in [2.24, 2.45) is 0 Å².